The molecule has 150 valence electrons. The Balaban J connectivity index is 1.36. The minimum absolute atomic E-state index is 0.0240. The van der Waals surface area contributed by atoms with Crippen LogP contribution in [0, 0.1) is 0 Å². The molecule has 0 radical (unpaired) electrons. The van der Waals surface area contributed by atoms with Gasteiger partial charge in [-0.2, -0.15) is 0 Å². The van der Waals surface area contributed by atoms with E-state index in [1.165, 1.54) is 0 Å². The lowest BCUT2D eigenvalue weighted by atomic mass is 10.1. The van der Waals surface area contributed by atoms with Crippen LogP contribution >= 0.6 is 11.6 Å². The number of carbonyl (C=O) groups excluding carboxylic acids is 1. The van der Waals surface area contributed by atoms with E-state index in [0.717, 1.165) is 40.3 Å². The molecule has 5 rings (SSSR count). The van der Waals surface area contributed by atoms with E-state index in [2.05, 4.69) is 10.1 Å². The van der Waals surface area contributed by atoms with Crippen LogP contribution in [0.25, 0.3) is 22.2 Å². The van der Waals surface area contributed by atoms with Gasteiger partial charge in [0.2, 0.25) is 0 Å². The number of aromatic nitrogens is 1. The summed E-state index contributed by atoms with van der Waals surface area (Å²) >= 11 is 6.33. The monoisotopic (exact) mass is 417 g/mol. The molecule has 0 bridgehead atoms. The first kappa shape index (κ1) is 18.7. The highest BCUT2D eigenvalue weighted by Crippen LogP contribution is 2.30. The zero-order valence-electron chi connectivity index (χ0n) is 16.3. The number of halogens is 1. The third kappa shape index (κ3) is 3.42. The number of hydrogen-bond donors (Lipinski definition) is 0. The summed E-state index contributed by atoms with van der Waals surface area (Å²) in [6.07, 6.45) is 0. The maximum Gasteiger partial charge on any atom is 0.254 e. The Labute approximate surface area is 179 Å². The van der Waals surface area contributed by atoms with Gasteiger partial charge in [-0.25, -0.2) is 0 Å². The lowest BCUT2D eigenvalue weighted by molar-refractivity contribution is 0.0747. The first-order valence-electron chi connectivity index (χ1n) is 9.94. The Morgan fingerprint density at radius 1 is 0.900 bits per heavy atom. The van der Waals surface area contributed by atoms with Gasteiger partial charge in [0, 0.05) is 37.3 Å². The van der Waals surface area contributed by atoms with E-state index < -0.39 is 0 Å². The molecule has 4 aromatic rings. The highest BCUT2D eigenvalue weighted by molar-refractivity contribution is 6.33. The van der Waals surface area contributed by atoms with Gasteiger partial charge in [-0.3, -0.25) is 4.79 Å². The van der Waals surface area contributed by atoms with E-state index in [1.807, 2.05) is 77.7 Å². The van der Waals surface area contributed by atoms with E-state index in [0.29, 0.717) is 24.4 Å². The molecule has 3 aromatic carbocycles. The van der Waals surface area contributed by atoms with Crippen molar-refractivity contribution in [3.63, 3.8) is 0 Å². The topological polar surface area (TPSA) is 49.6 Å². The number of carbonyl (C=O) groups is 1. The van der Waals surface area contributed by atoms with Crippen LogP contribution < -0.4 is 4.90 Å². The fourth-order valence-electron chi connectivity index (χ4n) is 3.91. The van der Waals surface area contributed by atoms with Crippen molar-refractivity contribution >= 4 is 34.1 Å². The summed E-state index contributed by atoms with van der Waals surface area (Å²) in [5, 5.41) is 5.73. The maximum absolute atomic E-state index is 13.2. The third-order valence-electron chi connectivity index (χ3n) is 5.52. The molecule has 0 aliphatic carbocycles. The summed E-state index contributed by atoms with van der Waals surface area (Å²) < 4.78 is 5.56. The molecule has 2 heterocycles. The lowest BCUT2D eigenvalue weighted by Gasteiger charge is -2.36. The molecule has 1 aliphatic rings. The predicted octanol–water partition coefficient (Wildman–Crippen LogP) is 5.11. The van der Waals surface area contributed by atoms with Crippen molar-refractivity contribution in [1.29, 1.82) is 0 Å². The van der Waals surface area contributed by atoms with Gasteiger partial charge in [0.05, 0.1) is 16.1 Å². The summed E-state index contributed by atoms with van der Waals surface area (Å²) in [6, 6.07) is 23.2. The van der Waals surface area contributed by atoms with E-state index in [9.17, 15) is 4.79 Å². The van der Waals surface area contributed by atoms with Gasteiger partial charge in [0.15, 0.2) is 5.76 Å². The zero-order chi connectivity index (χ0) is 20.5. The molecule has 30 heavy (non-hydrogen) atoms. The number of rotatable bonds is 3. The Morgan fingerprint density at radius 3 is 2.40 bits per heavy atom. The fraction of sp³-hybridized carbons (Fsp3) is 0.167. The molecule has 1 fully saturated rings. The number of hydrogen-bond acceptors (Lipinski definition) is 4. The average Bonchev–Trinajstić information content (AvgIpc) is 3.23. The second-order valence-corrected chi connectivity index (χ2v) is 7.75. The summed E-state index contributed by atoms with van der Waals surface area (Å²) in [4.78, 5) is 17.3. The van der Waals surface area contributed by atoms with Gasteiger partial charge < -0.3 is 14.3 Å². The van der Waals surface area contributed by atoms with Crippen LogP contribution in [0.15, 0.2) is 77.3 Å². The summed E-state index contributed by atoms with van der Waals surface area (Å²) in [5.41, 5.74) is 3.35. The van der Waals surface area contributed by atoms with Gasteiger partial charge in [0.1, 0.15) is 5.52 Å². The molecule has 0 spiro atoms. The van der Waals surface area contributed by atoms with E-state index in [1.54, 1.807) is 0 Å². The Hall–Kier alpha value is -3.31. The molecule has 1 aromatic heterocycles. The molecule has 1 saturated heterocycles. The van der Waals surface area contributed by atoms with Crippen LogP contribution in [0.5, 0.6) is 0 Å². The van der Waals surface area contributed by atoms with Crippen LogP contribution in [-0.2, 0) is 0 Å². The number of para-hydroxylation sites is 1. The maximum atomic E-state index is 13.2. The van der Waals surface area contributed by atoms with Gasteiger partial charge in [-0.15, -0.1) is 0 Å². The standard InChI is InChI=1S/C24H20ClN3O2/c25-20-8-4-5-9-22(20)27-12-14-28(15-13-27)24(29)18-10-11-21-19(16-18)23(30-26-21)17-6-2-1-3-7-17/h1-11,16H,12-15H2. The summed E-state index contributed by atoms with van der Waals surface area (Å²) in [6.45, 7) is 2.80. The SMILES string of the molecule is O=C(c1ccc2noc(-c3ccccc3)c2c1)N1CCN(c2ccccc2Cl)CC1. The fourth-order valence-corrected chi connectivity index (χ4v) is 4.17. The van der Waals surface area contributed by atoms with Crippen LogP contribution in [0.2, 0.25) is 5.02 Å². The van der Waals surface area contributed by atoms with Gasteiger partial charge in [-0.1, -0.05) is 59.2 Å². The quantitative estimate of drug-likeness (QED) is 0.464. The van der Waals surface area contributed by atoms with E-state index in [4.69, 9.17) is 16.1 Å². The van der Waals surface area contributed by atoms with Crippen LogP contribution in [0.3, 0.4) is 0 Å². The van der Waals surface area contributed by atoms with Gasteiger partial charge in [0.25, 0.3) is 5.91 Å². The lowest BCUT2D eigenvalue weighted by Crippen LogP contribution is -2.48. The highest BCUT2D eigenvalue weighted by Gasteiger charge is 2.24. The summed E-state index contributed by atoms with van der Waals surface area (Å²) in [5.74, 6) is 0.708. The molecule has 0 atom stereocenters. The van der Waals surface area contributed by atoms with Crippen LogP contribution in [0.1, 0.15) is 10.4 Å². The van der Waals surface area contributed by atoms with Gasteiger partial charge >= 0.3 is 0 Å². The summed E-state index contributed by atoms with van der Waals surface area (Å²) in [7, 11) is 0. The molecule has 0 N–H and O–H groups in total. The zero-order valence-corrected chi connectivity index (χ0v) is 17.0. The smallest absolute Gasteiger partial charge is 0.254 e. The minimum Gasteiger partial charge on any atom is -0.367 e. The average molecular weight is 418 g/mol. The molecule has 6 heteroatoms. The molecule has 1 amide bonds. The molecule has 1 aliphatic heterocycles. The number of nitrogens with zero attached hydrogens (tertiary/aromatic N) is 3. The van der Waals surface area contributed by atoms with Crippen molar-refractivity contribution in [1.82, 2.24) is 10.1 Å². The second-order valence-electron chi connectivity index (χ2n) is 7.34. The van der Waals surface area contributed by atoms with Gasteiger partial charge in [-0.05, 0) is 30.3 Å². The third-order valence-corrected chi connectivity index (χ3v) is 5.84. The second kappa shape index (κ2) is 7.84. The Kier molecular flexibility index (Phi) is 4.89. The largest absolute Gasteiger partial charge is 0.367 e. The number of fused-ring (bicyclic) bond motifs is 1. The van der Waals surface area contributed by atoms with Crippen molar-refractivity contribution in [2.75, 3.05) is 31.1 Å². The minimum atomic E-state index is 0.0240. The Bertz CT molecular complexity index is 1200. The molecular formula is C24H20ClN3O2. The first-order valence-corrected chi connectivity index (χ1v) is 10.3. The number of benzene rings is 3. The molecule has 0 unspecified atom stereocenters. The number of anilines is 1. The van der Waals surface area contributed by atoms with E-state index >= 15 is 0 Å². The van der Waals surface area contributed by atoms with Crippen molar-refractivity contribution < 1.29 is 9.32 Å². The van der Waals surface area contributed by atoms with Crippen molar-refractivity contribution in [3.05, 3.63) is 83.4 Å². The number of piperazine rings is 1. The van der Waals surface area contributed by atoms with Crippen LogP contribution in [-0.4, -0.2) is 42.1 Å². The molecular weight excluding hydrogens is 398 g/mol. The normalized spacial score (nSPS) is 14.3. The first-order chi connectivity index (χ1) is 14.7. The van der Waals surface area contributed by atoms with Crippen molar-refractivity contribution in [2.24, 2.45) is 0 Å². The Morgan fingerprint density at radius 2 is 1.63 bits per heavy atom. The predicted molar refractivity (Wildman–Crippen MR) is 119 cm³/mol. The number of amides is 1. The van der Waals surface area contributed by atoms with Crippen molar-refractivity contribution in [2.45, 2.75) is 0 Å². The molecule has 5 nitrogen and oxygen atoms in total. The van der Waals surface area contributed by atoms with Crippen molar-refractivity contribution in [3.8, 4) is 11.3 Å². The highest BCUT2D eigenvalue weighted by atomic mass is 35.5. The van der Waals surface area contributed by atoms with E-state index in [-0.39, 0.29) is 5.91 Å². The van der Waals surface area contributed by atoms with Crippen LogP contribution in [0.4, 0.5) is 5.69 Å². The molecule has 0 saturated carbocycles.